The van der Waals surface area contributed by atoms with Gasteiger partial charge in [-0.1, -0.05) is 28.4 Å². The lowest BCUT2D eigenvalue weighted by atomic mass is 10.3. The molecule has 0 spiro atoms. The third-order valence-corrected chi connectivity index (χ3v) is 3.41. The molecule has 2 aromatic rings. The number of rotatable bonds is 1. The summed E-state index contributed by atoms with van der Waals surface area (Å²) >= 11 is 11.9. The summed E-state index contributed by atoms with van der Waals surface area (Å²) in [5.41, 5.74) is 1.60. The van der Waals surface area contributed by atoms with Crippen LogP contribution in [-0.4, -0.2) is 21.6 Å². The van der Waals surface area contributed by atoms with E-state index in [-0.39, 0.29) is 6.23 Å². The van der Waals surface area contributed by atoms with E-state index in [0.29, 0.717) is 10.0 Å². The topological polar surface area (TPSA) is 39.9 Å². The van der Waals surface area contributed by atoms with Crippen LogP contribution in [0.1, 0.15) is 19.1 Å². The molecule has 0 aliphatic carbocycles. The van der Waals surface area contributed by atoms with E-state index in [4.69, 9.17) is 27.9 Å². The molecule has 0 bridgehead atoms. The van der Waals surface area contributed by atoms with Gasteiger partial charge in [-0.15, -0.1) is 5.10 Å². The molecular weight excluding hydrogens is 249 g/mol. The number of halogens is 2. The van der Waals surface area contributed by atoms with Crippen molar-refractivity contribution < 1.29 is 4.74 Å². The van der Waals surface area contributed by atoms with Crippen LogP contribution in [0.5, 0.6) is 0 Å². The summed E-state index contributed by atoms with van der Waals surface area (Å²) in [7, 11) is 0. The first kappa shape index (κ1) is 10.3. The molecule has 3 rings (SSSR count). The van der Waals surface area contributed by atoms with Crippen LogP contribution in [0.2, 0.25) is 10.0 Å². The number of hydrogen-bond donors (Lipinski definition) is 0. The molecule has 0 saturated carbocycles. The Kier molecular flexibility index (Phi) is 2.50. The Labute approximate surface area is 102 Å². The molecule has 1 aromatic carbocycles. The molecular formula is C10H9Cl2N3O. The summed E-state index contributed by atoms with van der Waals surface area (Å²) < 4.78 is 7.33. The van der Waals surface area contributed by atoms with Gasteiger partial charge in [-0.2, -0.15) is 0 Å². The van der Waals surface area contributed by atoms with Crippen LogP contribution in [0.4, 0.5) is 0 Å². The van der Waals surface area contributed by atoms with Crippen molar-refractivity contribution in [1.82, 2.24) is 15.0 Å². The highest BCUT2D eigenvalue weighted by Gasteiger charge is 2.21. The van der Waals surface area contributed by atoms with Crippen molar-refractivity contribution in [2.75, 3.05) is 6.61 Å². The third-order valence-electron chi connectivity index (χ3n) is 2.69. The van der Waals surface area contributed by atoms with Crippen LogP contribution < -0.4 is 0 Å². The highest BCUT2D eigenvalue weighted by Crippen LogP contribution is 2.30. The van der Waals surface area contributed by atoms with E-state index in [0.717, 1.165) is 30.5 Å². The Hall–Kier alpha value is -0.840. The third kappa shape index (κ3) is 1.57. The molecule has 0 radical (unpaired) electrons. The largest absolute Gasteiger partial charge is 0.356 e. The Morgan fingerprint density at radius 1 is 1.31 bits per heavy atom. The molecule has 4 nitrogen and oxygen atoms in total. The van der Waals surface area contributed by atoms with E-state index in [1.807, 2.05) is 0 Å². The van der Waals surface area contributed by atoms with Crippen molar-refractivity contribution in [3.63, 3.8) is 0 Å². The number of aromatic nitrogens is 3. The first-order chi connectivity index (χ1) is 7.75. The van der Waals surface area contributed by atoms with Crippen LogP contribution in [0.3, 0.4) is 0 Å². The van der Waals surface area contributed by atoms with Crippen LogP contribution >= 0.6 is 23.2 Å². The van der Waals surface area contributed by atoms with Gasteiger partial charge in [0.15, 0.2) is 6.23 Å². The molecule has 1 fully saturated rings. The average Bonchev–Trinajstić information content (AvgIpc) is 2.87. The van der Waals surface area contributed by atoms with Gasteiger partial charge < -0.3 is 4.74 Å². The summed E-state index contributed by atoms with van der Waals surface area (Å²) in [6.45, 7) is 0.771. The second-order valence-corrected chi connectivity index (χ2v) is 4.57. The van der Waals surface area contributed by atoms with E-state index < -0.39 is 0 Å². The Morgan fingerprint density at radius 2 is 2.12 bits per heavy atom. The van der Waals surface area contributed by atoms with E-state index in [1.165, 1.54) is 0 Å². The molecule has 84 valence electrons. The van der Waals surface area contributed by atoms with Crippen molar-refractivity contribution in [1.29, 1.82) is 0 Å². The smallest absolute Gasteiger partial charge is 0.152 e. The van der Waals surface area contributed by atoms with Crippen LogP contribution in [0.25, 0.3) is 11.0 Å². The summed E-state index contributed by atoms with van der Waals surface area (Å²) in [6.07, 6.45) is 1.98. The normalized spacial score (nSPS) is 20.8. The second kappa shape index (κ2) is 3.87. The summed E-state index contributed by atoms with van der Waals surface area (Å²) in [5, 5.41) is 9.14. The zero-order valence-corrected chi connectivity index (χ0v) is 9.87. The SMILES string of the molecule is Clc1cc2nnn(C3CCCO3)c2cc1Cl. The highest BCUT2D eigenvalue weighted by molar-refractivity contribution is 6.42. The van der Waals surface area contributed by atoms with Crippen LogP contribution in [0.15, 0.2) is 12.1 Å². The molecule has 2 heterocycles. The van der Waals surface area contributed by atoms with E-state index in [1.54, 1.807) is 16.8 Å². The maximum absolute atomic E-state index is 5.98. The fraction of sp³-hybridized carbons (Fsp3) is 0.400. The van der Waals surface area contributed by atoms with Gasteiger partial charge >= 0.3 is 0 Å². The fourth-order valence-electron chi connectivity index (χ4n) is 1.90. The van der Waals surface area contributed by atoms with Gasteiger partial charge in [-0.05, 0) is 25.0 Å². The van der Waals surface area contributed by atoms with Crippen molar-refractivity contribution in [2.45, 2.75) is 19.1 Å². The lowest BCUT2D eigenvalue weighted by molar-refractivity contribution is 0.0488. The van der Waals surface area contributed by atoms with Gasteiger partial charge in [-0.3, -0.25) is 0 Å². The summed E-state index contributed by atoms with van der Waals surface area (Å²) in [5.74, 6) is 0. The molecule has 1 unspecified atom stereocenters. The minimum absolute atomic E-state index is 0.0257. The lowest BCUT2D eigenvalue weighted by Crippen LogP contribution is -2.08. The highest BCUT2D eigenvalue weighted by atomic mass is 35.5. The van der Waals surface area contributed by atoms with Gasteiger partial charge in [0, 0.05) is 6.61 Å². The maximum atomic E-state index is 5.98. The maximum Gasteiger partial charge on any atom is 0.152 e. The van der Waals surface area contributed by atoms with Crippen molar-refractivity contribution in [3.05, 3.63) is 22.2 Å². The van der Waals surface area contributed by atoms with Gasteiger partial charge in [0.2, 0.25) is 0 Å². The molecule has 1 aromatic heterocycles. The van der Waals surface area contributed by atoms with E-state index >= 15 is 0 Å². The Bertz CT molecular complexity index is 534. The minimum Gasteiger partial charge on any atom is -0.356 e. The van der Waals surface area contributed by atoms with Crippen LogP contribution in [0, 0.1) is 0 Å². The Balaban J connectivity index is 2.15. The molecule has 6 heteroatoms. The second-order valence-electron chi connectivity index (χ2n) is 3.76. The molecule has 1 saturated heterocycles. The van der Waals surface area contributed by atoms with Crippen LogP contribution in [-0.2, 0) is 4.74 Å². The first-order valence-corrected chi connectivity index (χ1v) is 5.83. The lowest BCUT2D eigenvalue weighted by Gasteiger charge is -2.09. The van der Waals surface area contributed by atoms with Crippen molar-refractivity contribution in [2.24, 2.45) is 0 Å². The monoisotopic (exact) mass is 257 g/mol. The zero-order valence-electron chi connectivity index (χ0n) is 8.36. The number of ether oxygens (including phenoxy) is 1. The number of benzene rings is 1. The molecule has 1 atom stereocenters. The Morgan fingerprint density at radius 3 is 2.88 bits per heavy atom. The minimum atomic E-state index is -0.0257. The summed E-state index contributed by atoms with van der Waals surface area (Å²) in [4.78, 5) is 0. The average molecular weight is 258 g/mol. The zero-order chi connectivity index (χ0) is 11.1. The first-order valence-electron chi connectivity index (χ1n) is 5.07. The summed E-state index contributed by atoms with van der Waals surface area (Å²) in [6, 6.07) is 3.50. The fourth-order valence-corrected chi connectivity index (χ4v) is 2.22. The van der Waals surface area contributed by atoms with Gasteiger partial charge in [0.1, 0.15) is 5.52 Å². The van der Waals surface area contributed by atoms with Crippen molar-refractivity contribution >= 4 is 34.2 Å². The number of hydrogen-bond acceptors (Lipinski definition) is 3. The quantitative estimate of drug-likeness (QED) is 0.789. The number of nitrogens with zero attached hydrogens (tertiary/aromatic N) is 3. The van der Waals surface area contributed by atoms with E-state index in [2.05, 4.69) is 10.3 Å². The predicted octanol–water partition coefficient (Wildman–Crippen LogP) is 3.05. The predicted molar refractivity (Wildman–Crippen MR) is 61.8 cm³/mol. The van der Waals surface area contributed by atoms with Crippen molar-refractivity contribution in [3.8, 4) is 0 Å². The van der Waals surface area contributed by atoms with E-state index in [9.17, 15) is 0 Å². The molecule has 0 N–H and O–H groups in total. The van der Waals surface area contributed by atoms with Gasteiger partial charge in [-0.25, -0.2) is 4.68 Å². The molecule has 1 aliphatic heterocycles. The number of fused-ring (bicyclic) bond motifs is 1. The standard InChI is InChI=1S/C10H9Cl2N3O/c11-6-4-8-9(5-7(6)12)15(14-13-8)10-2-1-3-16-10/h4-5,10H,1-3H2. The van der Waals surface area contributed by atoms with Gasteiger partial charge in [0.05, 0.1) is 15.6 Å². The molecule has 16 heavy (non-hydrogen) atoms. The molecule has 0 amide bonds. The van der Waals surface area contributed by atoms with Gasteiger partial charge in [0.25, 0.3) is 0 Å². The molecule has 1 aliphatic rings.